The number of hydrogen-bond acceptors (Lipinski definition) is 4. The van der Waals surface area contributed by atoms with E-state index in [2.05, 4.69) is 41.7 Å². The third-order valence-electron chi connectivity index (χ3n) is 10.8. The molecule has 6 aliphatic rings. The number of hydrazone groups is 1. The van der Waals surface area contributed by atoms with Crippen molar-refractivity contribution in [3.05, 3.63) is 101 Å². The predicted octanol–water partition coefficient (Wildman–Crippen LogP) is 5.17. The van der Waals surface area contributed by atoms with Gasteiger partial charge in [-0.3, -0.25) is 14.4 Å². The van der Waals surface area contributed by atoms with Crippen LogP contribution in [-0.4, -0.2) is 23.9 Å². The number of hydrogen-bond donors (Lipinski definition) is 1. The highest BCUT2D eigenvalue weighted by Crippen LogP contribution is 2.66. The van der Waals surface area contributed by atoms with Crippen molar-refractivity contribution in [3.63, 3.8) is 0 Å². The zero-order chi connectivity index (χ0) is 27.2. The molecule has 3 aromatic rings. The molecule has 2 saturated carbocycles. The van der Waals surface area contributed by atoms with Crippen LogP contribution in [0.5, 0.6) is 0 Å². The molecule has 0 unspecified atom stereocenters. The standard InChI is InChI=1S/C34H31N3O3/c1-33-18-10-9-17-25(33)28(33)30(38)36-35-19-34-23-15-7-5-13-21(23)26(22-14-6-8-16-24(22)34)27-29(34)32(40)37(31(27)39)20-11-3-2-4-12-20/h2-8,11-16,19,25-29H,9-10,17-18H2,1H3,(H,36,38)/b35-19-/t25-,26?,27+,28-,29-,33+,34?/m1/s1. The maximum absolute atomic E-state index is 14.3. The number of fused-ring (bicyclic) bond motifs is 1. The van der Waals surface area contributed by atoms with Gasteiger partial charge in [-0.05, 0) is 58.6 Å². The summed E-state index contributed by atoms with van der Waals surface area (Å²) in [4.78, 5) is 43.2. The number of carbonyl (C=O) groups excluding carboxylic acids is 3. The molecule has 1 heterocycles. The van der Waals surface area contributed by atoms with E-state index in [9.17, 15) is 14.4 Å². The average molecular weight is 530 g/mol. The number of nitrogens with zero attached hydrogens (tertiary/aromatic N) is 2. The molecule has 9 rings (SSSR count). The van der Waals surface area contributed by atoms with E-state index in [-0.39, 0.29) is 35.0 Å². The van der Waals surface area contributed by atoms with Crippen molar-refractivity contribution in [2.75, 3.05) is 4.90 Å². The fourth-order valence-electron chi connectivity index (χ4n) is 9.00. The van der Waals surface area contributed by atoms with Crippen LogP contribution in [0.15, 0.2) is 84.0 Å². The Kier molecular flexibility index (Phi) is 4.89. The van der Waals surface area contributed by atoms with Crippen LogP contribution in [0.3, 0.4) is 0 Å². The van der Waals surface area contributed by atoms with Crippen LogP contribution in [0.4, 0.5) is 5.69 Å². The molecule has 200 valence electrons. The molecule has 1 aliphatic heterocycles. The smallest absolute Gasteiger partial charge is 0.244 e. The molecular weight excluding hydrogens is 498 g/mol. The molecule has 3 fully saturated rings. The van der Waals surface area contributed by atoms with Gasteiger partial charge in [-0.25, -0.2) is 10.3 Å². The molecule has 1 N–H and O–H groups in total. The van der Waals surface area contributed by atoms with Crippen LogP contribution in [-0.2, 0) is 19.8 Å². The van der Waals surface area contributed by atoms with E-state index in [1.54, 1.807) is 6.21 Å². The van der Waals surface area contributed by atoms with Gasteiger partial charge in [0.2, 0.25) is 17.7 Å². The van der Waals surface area contributed by atoms with E-state index in [1.165, 1.54) is 17.7 Å². The first-order chi connectivity index (χ1) is 19.5. The quantitative estimate of drug-likeness (QED) is 0.288. The highest BCUT2D eigenvalue weighted by atomic mass is 16.2. The summed E-state index contributed by atoms with van der Waals surface area (Å²) in [5, 5.41) is 4.62. The number of amides is 3. The van der Waals surface area contributed by atoms with Gasteiger partial charge in [0, 0.05) is 18.1 Å². The van der Waals surface area contributed by atoms with E-state index < -0.39 is 17.3 Å². The van der Waals surface area contributed by atoms with Gasteiger partial charge in [-0.2, -0.15) is 5.10 Å². The number of benzene rings is 3. The summed E-state index contributed by atoms with van der Waals surface area (Å²) < 4.78 is 0. The topological polar surface area (TPSA) is 78.8 Å². The Hall–Kier alpha value is -4.06. The van der Waals surface area contributed by atoms with E-state index in [0.29, 0.717) is 11.6 Å². The van der Waals surface area contributed by atoms with Crippen LogP contribution in [0, 0.1) is 29.1 Å². The van der Waals surface area contributed by atoms with Gasteiger partial charge in [0.25, 0.3) is 0 Å². The van der Waals surface area contributed by atoms with Crippen molar-refractivity contribution in [1.29, 1.82) is 0 Å². The lowest BCUT2D eigenvalue weighted by Crippen LogP contribution is -2.54. The van der Waals surface area contributed by atoms with Gasteiger partial charge in [0.15, 0.2) is 0 Å². The number of carbonyl (C=O) groups is 3. The van der Waals surface area contributed by atoms with Gasteiger partial charge < -0.3 is 0 Å². The van der Waals surface area contributed by atoms with E-state index >= 15 is 0 Å². The first kappa shape index (κ1) is 23.8. The fourth-order valence-corrected chi connectivity index (χ4v) is 9.00. The van der Waals surface area contributed by atoms with Gasteiger partial charge in [-0.1, -0.05) is 86.5 Å². The number of nitrogens with one attached hydrogen (secondary N) is 1. The monoisotopic (exact) mass is 529 g/mol. The summed E-state index contributed by atoms with van der Waals surface area (Å²) in [5.74, 6) is -1.44. The molecular formula is C34H31N3O3. The summed E-state index contributed by atoms with van der Waals surface area (Å²) in [6, 6.07) is 25.4. The van der Waals surface area contributed by atoms with Crippen molar-refractivity contribution in [2.45, 2.75) is 43.9 Å². The van der Waals surface area contributed by atoms with Crippen molar-refractivity contribution in [1.82, 2.24) is 5.43 Å². The van der Waals surface area contributed by atoms with E-state index in [1.807, 2.05) is 54.6 Å². The Morgan fingerprint density at radius 2 is 1.55 bits per heavy atom. The molecule has 40 heavy (non-hydrogen) atoms. The van der Waals surface area contributed by atoms with Gasteiger partial charge in [-0.15, -0.1) is 0 Å². The zero-order valence-corrected chi connectivity index (χ0v) is 22.4. The van der Waals surface area contributed by atoms with Crippen molar-refractivity contribution in [3.8, 4) is 0 Å². The minimum absolute atomic E-state index is 0.0117. The van der Waals surface area contributed by atoms with Crippen LogP contribution >= 0.6 is 0 Å². The summed E-state index contributed by atoms with van der Waals surface area (Å²) in [6.45, 7) is 2.23. The molecule has 6 nitrogen and oxygen atoms in total. The Morgan fingerprint density at radius 3 is 2.20 bits per heavy atom. The SMILES string of the molecule is C[C@]12CCCC[C@@H]1[C@@H]2C(=O)N/N=C\C12c3ccccc3C(c3ccccc31)[C@@H]1C(=O)N(c3ccccc3)C(=O)[C@@H]12. The number of imide groups is 1. The van der Waals surface area contributed by atoms with Crippen LogP contribution < -0.4 is 10.3 Å². The second-order valence-corrected chi connectivity index (χ2v) is 12.4. The maximum atomic E-state index is 14.3. The molecule has 1 saturated heterocycles. The molecule has 6 heteroatoms. The summed E-state index contributed by atoms with van der Waals surface area (Å²) in [5.41, 5.74) is 6.65. The molecule has 0 spiro atoms. The van der Waals surface area contributed by atoms with E-state index in [4.69, 9.17) is 0 Å². The predicted molar refractivity (Wildman–Crippen MR) is 152 cm³/mol. The van der Waals surface area contributed by atoms with Crippen molar-refractivity contribution in [2.24, 2.45) is 34.2 Å². The first-order valence-electron chi connectivity index (χ1n) is 14.4. The Labute approximate surface area is 233 Å². The minimum atomic E-state index is -0.976. The van der Waals surface area contributed by atoms with E-state index in [0.717, 1.165) is 35.1 Å². The molecule has 0 radical (unpaired) electrons. The van der Waals surface area contributed by atoms with Crippen LogP contribution in [0.25, 0.3) is 0 Å². The second kappa shape index (κ2) is 8.23. The van der Waals surface area contributed by atoms with Crippen LogP contribution in [0.1, 0.15) is 60.8 Å². The second-order valence-electron chi connectivity index (χ2n) is 12.4. The van der Waals surface area contributed by atoms with Gasteiger partial charge in [0.1, 0.15) is 0 Å². The highest BCUT2D eigenvalue weighted by molar-refractivity contribution is 6.25. The molecule has 3 amide bonds. The Balaban J connectivity index is 1.26. The highest BCUT2D eigenvalue weighted by Gasteiger charge is 2.68. The zero-order valence-electron chi connectivity index (χ0n) is 22.4. The van der Waals surface area contributed by atoms with Gasteiger partial charge in [0.05, 0.1) is 22.9 Å². The lowest BCUT2D eigenvalue weighted by molar-refractivity contribution is -0.124. The normalized spacial score (nSPS) is 34.7. The molecule has 5 atom stereocenters. The third kappa shape index (κ3) is 2.89. The fraction of sp³-hybridized carbons (Fsp3) is 0.353. The summed E-state index contributed by atoms with van der Waals surface area (Å²) in [7, 11) is 0. The first-order valence-corrected chi connectivity index (χ1v) is 14.4. The lowest BCUT2D eigenvalue weighted by Gasteiger charge is -2.52. The summed E-state index contributed by atoms with van der Waals surface area (Å²) >= 11 is 0. The summed E-state index contributed by atoms with van der Waals surface area (Å²) in [6.07, 6.45) is 6.31. The number of para-hydroxylation sites is 1. The largest absolute Gasteiger partial charge is 0.274 e. The number of anilines is 1. The van der Waals surface area contributed by atoms with Gasteiger partial charge >= 0.3 is 0 Å². The third-order valence-corrected chi connectivity index (χ3v) is 10.8. The maximum Gasteiger partial charge on any atom is 0.244 e. The average Bonchev–Trinajstić information content (AvgIpc) is 3.53. The Morgan fingerprint density at radius 1 is 0.900 bits per heavy atom. The molecule has 3 aromatic carbocycles. The molecule has 0 aromatic heterocycles. The molecule has 2 bridgehead atoms. The van der Waals surface area contributed by atoms with Crippen molar-refractivity contribution < 1.29 is 14.4 Å². The molecule has 5 aliphatic carbocycles. The Bertz CT molecular complexity index is 1570. The lowest BCUT2D eigenvalue weighted by atomic mass is 9.47. The van der Waals surface area contributed by atoms with Crippen molar-refractivity contribution >= 4 is 29.6 Å². The van der Waals surface area contributed by atoms with Crippen LogP contribution in [0.2, 0.25) is 0 Å². The minimum Gasteiger partial charge on any atom is -0.274 e. The number of rotatable bonds is 4.